The Kier molecular flexibility index (Phi) is 7.53. The van der Waals surface area contributed by atoms with Crippen LogP contribution in [0.5, 0.6) is 0 Å². The Hall–Kier alpha value is -2.71. The molecule has 2 amide bonds. The number of rotatable bonds is 8. The van der Waals surface area contributed by atoms with Crippen LogP contribution in [-0.2, 0) is 21.4 Å². The standard InChI is InChI=1S/C21H27N3O4S/c1-21(2,3)24-29(27,28)18-11-9-17(10-12-18)20(26)22-14-13-19(25)23-15-16-7-5-4-6-8-16/h4-12,24H,13-15H2,1-3H3,(H,22,26)(H,23,25). The van der Waals surface area contributed by atoms with Crippen LogP contribution in [0.1, 0.15) is 43.1 Å². The SMILES string of the molecule is CC(C)(C)NS(=O)(=O)c1ccc(C(=O)NCCC(=O)NCc2ccccc2)cc1. The molecule has 2 aromatic rings. The molecule has 0 saturated heterocycles. The molecular formula is C21H27N3O4S. The first-order valence-corrected chi connectivity index (χ1v) is 10.8. The Morgan fingerprint density at radius 3 is 2.10 bits per heavy atom. The number of hydrogen-bond donors (Lipinski definition) is 3. The summed E-state index contributed by atoms with van der Waals surface area (Å²) in [6.45, 7) is 5.88. The molecule has 2 aromatic carbocycles. The summed E-state index contributed by atoms with van der Waals surface area (Å²) in [5, 5.41) is 5.45. The molecule has 0 atom stereocenters. The molecule has 0 unspecified atom stereocenters. The molecule has 2 rings (SSSR count). The van der Waals surface area contributed by atoms with Gasteiger partial charge in [-0.25, -0.2) is 13.1 Å². The molecule has 0 spiro atoms. The highest BCUT2D eigenvalue weighted by atomic mass is 32.2. The summed E-state index contributed by atoms with van der Waals surface area (Å²) < 4.78 is 27.1. The van der Waals surface area contributed by atoms with Gasteiger partial charge in [0, 0.05) is 30.6 Å². The van der Waals surface area contributed by atoms with Crippen molar-refractivity contribution < 1.29 is 18.0 Å². The lowest BCUT2D eigenvalue weighted by molar-refractivity contribution is -0.121. The topological polar surface area (TPSA) is 104 Å². The molecule has 7 nitrogen and oxygen atoms in total. The Morgan fingerprint density at radius 1 is 0.897 bits per heavy atom. The number of amides is 2. The summed E-state index contributed by atoms with van der Waals surface area (Å²) in [6, 6.07) is 15.2. The Balaban J connectivity index is 1.81. The number of nitrogens with one attached hydrogen (secondary N) is 3. The van der Waals surface area contributed by atoms with E-state index in [1.807, 2.05) is 30.3 Å². The van der Waals surface area contributed by atoms with Crippen LogP contribution >= 0.6 is 0 Å². The third-order valence-corrected chi connectivity index (χ3v) is 5.61. The maximum atomic E-state index is 12.3. The van der Waals surface area contributed by atoms with E-state index in [-0.39, 0.29) is 29.7 Å². The van der Waals surface area contributed by atoms with Gasteiger partial charge >= 0.3 is 0 Å². The maximum absolute atomic E-state index is 12.3. The molecule has 0 aromatic heterocycles. The summed E-state index contributed by atoms with van der Waals surface area (Å²) in [7, 11) is -3.65. The largest absolute Gasteiger partial charge is 0.352 e. The fourth-order valence-electron chi connectivity index (χ4n) is 2.52. The second-order valence-electron chi connectivity index (χ2n) is 7.65. The smallest absolute Gasteiger partial charge is 0.251 e. The van der Waals surface area contributed by atoms with Crippen molar-refractivity contribution in [2.45, 2.75) is 44.2 Å². The van der Waals surface area contributed by atoms with Crippen molar-refractivity contribution in [3.8, 4) is 0 Å². The summed E-state index contributed by atoms with van der Waals surface area (Å²) in [5.41, 5.74) is 0.723. The van der Waals surface area contributed by atoms with Gasteiger partial charge < -0.3 is 10.6 Å². The molecular weight excluding hydrogens is 390 g/mol. The number of benzene rings is 2. The van der Waals surface area contributed by atoms with E-state index in [9.17, 15) is 18.0 Å². The van der Waals surface area contributed by atoms with Gasteiger partial charge in [-0.3, -0.25) is 9.59 Å². The van der Waals surface area contributed by atoms with Crippen LogP contribution in [0.15, 0.2) is 59.5 Å². The second kappa shape index (κ2) is 9.67. The zero-order valence-corrected chi connectivity index (χ0v) is 17.7. The summed E-state index contributed by atoms with van der Waals surface area (Å²) >= 11 is 0. The lowest BCUT2D eigenvalue weighted by atomic mass is 10.1. The van der Waals surface area contributed by atoms with Crippen molar-refractivity contribution in [1.82, 2.24) is 15.4 Å². The van der Waals surface area contributed by atoms with Crippen molar-refractivity contribution in [2.24, 2.45) is 0 Å². The van der Waals surface area contributed by atoms with Crippen LogP contribution in [0.25, 0.3) is 0 Å². The van der Waals surface area contributed by atoms with E-state index >= 15 is 0 Å². The Bertz CT molecular complexity index is 934. The molecule has 0 aliphatic carbocycles. The van der Waals surface area contributed by atoms with Gasteiger partial charge in [-0.1, -0.05) is 30.3 Å². The van der Waals surface area contributed by atoms with Crippen molar-refractivity contribution >= 4 is 21.8 Å². The molecule has 0 heterocycles. The molecule has 29 heavy (non-hydrogen) atoms. The number of carbonyl (C=O) groups excluding carboxylic acids is 2. The molecule has 0 saturated carbocycles. The van der Waals surface area contributed by atoms with E-state index in [4.69, 9.17) is 0 Å². The van der Waals surface area contributed by atoms with Crippen LogP contribution in [0.3, 0.4) is 0 Å². The molecule has 156 valence electrons. The summed E-state index contributed by atoms with van der Waals surface area (Å²) in [4.78, 5) is 24.1. The molecule has 3 N–H and O–H groups in total. The molecule has 0 aliphatic rings. The highest BCUT2D eigenvalue weighted by Gasteiger charge is 2.22. The Labute approximate surface area is 172 Å². The molecule has 0 bridgehead atoms. The third kappa shape index (κ3) is 7.67. The summed E-state index contributed by atoms with van der Waals surface area (Å²) in [6.07, 6.45) is 0.153. The van der Waals surface area contributed by atoms with Gasteiger partial charge in [-0.05, 0) is 50.6 Å². The first-order chi connectivity index (χ1) is 13.6. The number of hydrogen-bond acceptors (Lipinski definition) is 4. The lowest BCUT2D eigenvalue weighted by Crippen LogP contribution is -2.40. The molecule has 0 fully saturated rings. The predicted molar refractivity (Wildman–Crippen MR) is 112 cm³/mol. The third-order valence-electron chi connectivity index (χ3n) is 3.84. The van der Waals surface area contributed by atoms with E-state index in [1.165, 1.54) is 24.3 Å². The van der Waals surface area contributed by atoms with E-state index in [0.717, 1.165) is 5.56 Å². The average molecular weight is 418 g/mol. The van der Waals surface area contributed by atoms with E-state index < -0.39 is 15.6 Å². The maximum Gasteiger partial charge on any atom is 0.251 e. The van der Waals surface area contributed by atoms with Crippen LogP contribution < -0.4 is 15.4 Å². The van der Waals surface area contributed by atoms with Gasteiger partial charge in [0.2, 0.25) is 15.9 Å². The van der Waals surface area contributed by atoms with Gasteiger partial charge in [0.25, 0.3) is 5.91 Å². The number of carbonyl (C=O) groups is 2. The second-order valence-corrected chi connectivity index (χ2v) is 9.33. The van der Waals surface area contributed by atoms with E-state index in [1.54, 1.807) is 20.8 Å². The van der Waals surface area contributed by atoms with Gasteiger partial charge in [0.1, 0.15) is 0 Å². The average Bonchev–Trinajstić information content (AvgIpc) is 2.65. The fourth-order valence-corrected chi connectivity index (χ4v) is 3.94. The van der Waals surface area contributed by atoms with Gasteiger partial charge in [0.15, 0.2) is 0 Å². The minimum absolute atomic E-state index is 0.0873. The first-order valence-electron chi connectivity index (χ1n) is 9.30. The zero-order valence-electron chi connectivity index (χ0n) is 16.9. The van der Waals surface area contributed by atoms with Crippen LogP contribution in [-0.4, -0.2) is 32.3 Å². The quantitative estimate of drug-likeness (QED) is 0.612. The fraction of sp³-hybridized carbons (Fsp3) is 0.333. The van der Waals surface area contributed by atoms with Crippen molar-refractivity contribution in [3.63, 3.8) is 0 Å². The minimum atomic E-state index is -3.65. The van der Waals surface area contributed by atoms with Crippen LogP contribution in [0, 0.1) is 0 Å². The lowest BCUT2D eigenvalue weighted by Gasteiger charge is -2.20. The monoisotopic (exact) mass is 417 g/mol. The highest BCUT2D eigenvalue weighted by molar-refractivity contribution is 7.89. The van der Waals surface area contributed by atoms with Crippen molar-refractivity contribution in [3.05, 3.63) is 65.7 Å². The van der Waals surface area contributed by atoms with E-state index in [2.05, 4.69) is 15.4 Å². The first kappa shape index (κ1) is 22.6. The van der Waals surface area contributed by atoms with E-state index in [0.29, 0.717) is 12.1 Å². The van der Waals surface area contributed by atoms with Crippen LogP contribution in [0.4, 0.5) is 0 Å². The van der Waals surface area contributed by atoms with Crippen molar-refractivity contribution in [1.29, 1.82) is 0 Å². The molecule has 0 aliphatic heterocycles. The minimum Gasteiger partial charge on any atom is -0.352 e. The Morgan fingerprint density at radius 2 is 1.52 bits per heavy atom. The normalized spacial score (nSPS) is 11.7. The van der Waals surface area contributed by atoms with Gasteiger partial charge in [-0.15, -0.1) is 0 Å². The van der Waals surface area contributed by atoms with Gasteiger partial charge in [0.05, 0.1) is 4.90 Å². The molecule has 8 heteroatoms. The van der Waals surface area contributed by atoms with Gasteiger partial charge in [-0.2, -0.15) is 0 Å². The summed E-state index contributed by atoms with van der Waals surface area (Å²) in [5.74, 6) is -0.530. The molecule has 0 radical (unpaired) electrons. The number of sulfonamides is 1. The zero-order chi connectivity index (χ0) is 21.5. The predicted octanol–water partition coefficient (Wildman–Crippen LogP) is 2.20. The van der Waals surface area contributed by atoms with Crippen molar-refractivity contribution in [2.75, 3.05) is 6.54 Å². The highest BCUT2D eigenvalue weighted by Crippen LogP contribution is 2.14. The van der Waals surface area contributed by atoms with Crippen LogP contribution in [0.2, 0.25) is 0 Å².